The molecule has 1 aliphatic rings. The fraction of sp³-hybridized carbons (Fsp3) is 0.158. The van der Waals surface area contributed by atoms with Crippen molar-refractivity contribution in [2.75, 3.05) is 18.0 Å². The molecule has 0 radical (unpaired) electrons. The van der Waals surface area contributed by atoms with Crippen molar-refractivity contribution in [1.82, 2.24) is 0 Å². The second kappa shape index (κ2) is 6.61. The topological polar surface area (TPSA) is 57.6 Å². The van der Waals surface area contributed by atoms with Crippen LogP contribution in [-0.4, -0.2) is 29.9 Å². The van der Waals surface area contributed by atoms with Gasteiger partial charge in [-0.2, -0.15) is 0 Å². The number of carboxylic acid groups (broad SMARTS) is 1. The van der Waals surface area contributed by atoms with Crippen LogP contribution in [0.3, 0.4) is 0 Å². The average Bonchev–Trinajstić information content (AvgIpc) is 2.53. The van der Waals surface area contributed by atoms with Gasteiger partial charge in [0.2, 0.25) is 0 Å². The Morgan fingerprint density at radius 2 is 1.96 bits per heavy atom. The van der Waals surface area contributed by atoms with Crippen molar-refractivity contribution in [1.29, 1.82) is 0 Å². The first-order chi connectivity index (χ1) is 11.4. The number of carbonyl (C=O) groups excluding carboxylic acids is 1. The maximum absolute atomic E-state index is 12.8. The number of aryl methyl sites for hydroxylation is 1. The quantitative estimate of drug-likeness (QED) is 0.813. The first kappa shape index (κ1) is 16.5. The molecule has 0 unspecified atom stereocenters. The number of ketones is 1. The van der Waals surface area contributed by atoms with E-state index in [0.29, 0.717) is 16.8 Å². The van der Waals surface area contributed by atoms with E-state index in [1.165, 1.54) is 0 Å². The molecule has 24 heavy (non-hydrogen) atoms. The highest BCUT2D eigenvalue weighted by Gasteiger charge is 2.28. The third-order valence-electron chi connectivity index (χ3n) is 3.93. The molecule has 1 heterocycles. The summed E-state index contributed by atoms with van der Waals surface area (Å²) in [6.45, 7) is 2.07. The average molecular weight is 386 g/mol. The van der Waals surface area contributed by atoms with E-state index in [-0.39, 0.29) is 18.9 Å². The number of carbonyl (C=O) groups is 2. The molecule has 0 spiro atoms. The predicted molar refractivity (Wildman–Crippen MR) is 97.5 cm³/mol. The third-order valence-corrected chi connectivity index (χ3v) is 4.46. The van der Waals surface area contributed by atoms with Gasteiger partial charge in [-0.25, -0.2) is 0 Å². The highest BCUT2D eigenvalue weighted by atomic mass is 79.9. The molecule has 0 aromatic heterocycles. The van der Waals surface area contributed by atoms with Crippen LogP contribution < -0.4 is 4.90 Å². The van der Waals surface area contributed by atoms with Crippen LogP contribution in [0.25, 0.3) is 6.08 Å². The first-order valence-electron chi connectivity index (χ1n) is 7.52. The van der Waals surface area contributed by atoms with Crippen molar-refractivity contribution < 1.29 is 14.7 Å². The van der Waals surface area contributed by atoms with E-state index in [1.807, 2.05) is 55.5 Å². The summed E-state index contributed by atoms with van der Waals surface area (Å²) in [5.74, 6) is -0.961. The molecule has 5 heteroatoms. The minimum absolute atomic E-state index is 0.0433. The third kappa shape index (κ3) is 3.41. The number of rotatable bonds is 3. The van der Waals surface area contributed by atoms with Gasteiger partial charge in [-0.3, -0.25) is 9.59 Å². The summed E-state index contributed by atoms with van der Waals surface area (Å²) in [5.41, 5.74) is 3.72. The predicted octanol–water partition coefficient (Wildman–Crippen LogP) is 3.93. The molecule has 1 N–H and O–H groups in total. The Labute approximate surface area is 148 Å². The summed E-state index contributed by atoms with van der Waals surface area (Å²) < 4.78 is 0.966. The smallest absolute Gasteiger partial charge is 0.323 e. The Bertz CT molecular complexity index is 840. The molecule has 0 atom stereocenters. The lowest BCUT2D eigenvalue weighted by Crippen LogP contribution is -2.37. The van der Waals surface area contributed by atoms with Crippen LogP contribution in [0.2, 0.25) is 0 Å². The minimum atomic E-state index is -0.918. The van der Waals surface area contributed by atoms with E-state index >= 15 is 0 Å². The molecule has 122 valence electrons. The zero-order chi connectivity index (χ0) is 17.3. The van der Waals surface area contributed by atoms with E-state index < -0.39 is 5.97 Å². The highest BCUT2D eigenvalue weighted by molar-refractivity contribution is 9.10. The summed E-state index contributed by atoms with van der Waals surface area (Å²) in [5, 5.41) is 9.17. The monoisotopic (exact) mass is 385 g/mol. The van der Waals surface area contributed by atoms with Crippen LogP contribution in [0.5, 0.6) is 0 Å². The van der Waals surface area contributed by atoms with Crippen molar-refractivity contribution in [2.24, 2.45) is 0 Å². The first-order valence-corrected chi connectivity index (χ1v) is 8.31. The molecule has 4 nitrogen and oxygen atoms in total. The number of fused-ring (bicyclic) bond motifs is 1. The molecule has 2 aromatic carbocycles. The molecule has 0 saturated carbocycles. The number of benzene rings is 2. The van der Waals surface area contributed by atoms with Crippen LogP contribution in [0.1, 0.15) is 21.5 Å². The summed E-state index contributed by atoms with van der Waals surface area (Å²) in [7, 11) is 0. The molecule has 1 aliphatic heterocycles. The Morgan fingerprint density at radius 1 is 1.25 bits per heavy atom. The fourth-order valence-electron chi connectivity index (χ4n) is 2.82. The molecule has 0 amide bonds. The van der Waals surface area contributed by atoms with Gasteiger partial charge < -0.3 is 10.0 Å². The molecule has 0 fully saturated rings. The van der Waals surface area contributed by atoms with Gasteiger partial charge in [-0.05, 0) is 42.8 Å². The maximum Gasteiger partial charge on any atom is 0.323 e. The van der Waals surface area contributed by atoms with Crippen LogP contribution in [-0.2, 0) is 4.79 Å². The molecular weight excluding hydrogens is 370 g/mol. The van der Waals surface area contributed by atoms with Gasteiger partial charge in [0.05, 0.1) is 0 Å². The molecule has 3 rings (SSSR count). The van der Waals surface area contributed by atoms with Crippen molar-refractivity contribution in [3.05, 3.63) is 69.2 Å². The number of aliphatic carboxylic acids is 1. The SMILES string of the molecule is Cc1ccc2c(c1)C(=O)/C(=C/c1ccc(Br)cc1)CN2CC(=O)O. The van der Waals surface area contributed by atoms with Crippen molar-refractivity contribution in [2.45, 2.75) is 6.92 Å². The number of Topliss-reactive ketones (excluding diaryl/α,β-unsaturated/α-hetero) is 1. The molecule has 0 saturated heterocycles. The van der Waals surface area contributed by atoms with Gasteiger partial charge >= 0.3 is 5.97 Å². The number of anilines is 1. The van der Waals surface area contributed by atoms with Gasteiger partial charge in [-0.15, -0.1) is 0 Å². The van der Waals surface area contributed by atoms with Gasteiger partial charge in [0.25, 0.3) is 0 Å². The molecule has 0 bridgehead atoms. The van der Waals surface area contributed by atoms with E-state index in [1.54, 1.807) is 4.90 Å². The second-order valence-electron chi connectivity index (χ2n) is 5.82. The Balaban J connectivity index is 2.04. The summed E-state index contributed by atoms with van der Waals surface area (Å²) in [4.78, 5) is 25.7. The Hall–Kier alpha value is -2.40. The summed E-state index contributed by atoms with van der Waals surface area (Å²) in [6.07, 6.45) is 1.83. The Kier molecular flexibility index (Phi) is 4.53. The second-order valence-corrected chi connectivity index (χ2v) is 6.74. The van der Waals surface area contributed by atoms with E-state index in [9.17, 15) is 9.59 Å². The minimum Gasteiger partial charge on any atom is -0.480 e. The van der Waals surface area contributed by atoms with Crippen molar-refractivity contribution in [3.63, 3.8) is 0 Å². The number of nitrogens with zero attached hydrogens (tertiary/aromatic N) is 1. The number of hydrogen-bond donors (Lipinski definition) is 1. The standard InChI is InChI=1S/C19H16BrNO3/c1-12-2-7-17-16(8-12)19(24)14(10-21(17)11-18(22)23)9-13-3-5-15(20)6-4-13/h2-9H,10-11H2,1H3,(H,22,23)/b14-9+. The van der Waals surface area contributed by atoms with Crippen molar-refractivity contribution >= 4 is 39.4 Å². The highest BCUT2D eigenvalue weighted by Crippen LogP contribution is 2.31. The number of carboxylic acids is 1. The van der Waals surface area contributed by atoms with Crippen molar-refractivity contribution in [3.8, 4) is 0 Å². The van der Waals surface area contributed by atoms with E-state index in [0.717, 1.165) is 15.6 Å². The number of halogens is 1. The van der Waals surface area contributed by atoms with Crippen LogP contribution >= 0.6 is 15.9 Å². The lowest BCUT2D eigenvalue weighted by Gasteiger charge is -2.31. The molecule has 2 aromatic rings. The Morgan fingerprint density at radius 3 is 2.62 bits per heavy atom. The summed E-state index contributed by atoms with van der Waals surface area (Å²) in [6, 6.07) is 13.2. The molecular formula is C19H16BrNO3. The van der Waals surface area contributed by atoms with Gasteiger partial charge in [0.1, 0.15) is 6.54 Å². The molecule has 0 aliphatic carbocycles. The zero-order valence-corrected chi connectivity index (χ0v) is 14.7. The van der Waals surface area contributed by atoms with Crippen LogP contribution in [0.15, 0.2) is 52.5 Å². The zero-order valence-electron chi connectivity index (χ0n) is 13.1. The fourth-order valence-corrected chi connectivity index (χ4v) is 3.08. The van der Waals surface area contributed by atoms with E-state index in [4.69, 9.17) is 5.11 Å². The largest absolute Gasteiger partial charge is 0.480 e. The summed E-state index contributed by atoms with van der Waals surface area (Å²) >= 11 is 3.39. The van der Waals surface area contributed by atoms with Gasteiger partial charge in [0, 0.05) is 27.8 Å². The normalized spacial score (nSPS) is 15.5. The lowest BCUT2D eigenvalue weighted by atomic mass is 9.93. The van der Waals surface area contributed by atoms with Crippen LogP contribution in [0.4, 0.5) is 5.69 Å². The van der Waals surface area contributed by atoms with E-state index in [2.05, 4.69) is 15.9 Å². The van der Waals surface area contributed by atoms with Crippen LogP contribution in [0, 0.1) is 6.92 Å². The lowest BCUT2D eigenvalue weighted by molar-refractivity contribution is -0.135. The maximum atomic E-state index is 12.8. The van der Waals surface area contributed by atoms with Gasteiger partial charge in [-0.1, -0.05) is 39.7 Å². The number of hydrogen-bond acceptors (Lipinski definition) is 3. The van der Waals surface area contributed by atoms with Gasteiger partial charge in [0.15, 0.2) is 5.78 Å².